The van der Waals surface area contributed by atoms with Gasteiger partial charge in [0.1, 0.15) is 0 Å². The maximum atomic E-state index is 11.8. The van der Waals surface area contributed by atoms with Crippen molar-refractivity contribution >= 4 is 15.9 Å². The minimum atomic E-state index is -3.10. The highest BCUT2D eigenvalue weighted by Crippen LogP contribution is 2.38. The number of aromatic nitrogens is 2. The van der Waals surface area contributed by atoms with E-state index in [4.69, 9.17) is 4.52 Å². The van der Waals surface area contributed by atoms with Crippen LogP contribution < -0.4 is 10.6 Å². The van der Waals surface area contributed by atoms with Crippen molar-refractivity contribution in [2.75, 3.05) is 5.75 Å². The van der Waals surface area contributed by atoms with Crippen molar-refractivity contribution in [1.29, 1.82) is 0 Å². The lowest BCUT2D eigenvalue weighted by Crippen LogP contribution is -2.48. The summed E-state index contributed by atoms with van der Waals surface area (Å²) in [6.45, 7) is 1.87. The maximum Gasteiger partial charge on any atom is 0.315 e. The van der Waals surface area contributed by atoms with Crippen molar-refractivity contribution in [2.24, 2.45) is 0 Å². The first kappa shape index (κ1) is 15.3. The molecule has 0 bridgehead atoms. The number of amides is 2. The summed E-state index contributed by atoms with van der Waals surface area (Å²) in [5.41, 5.74) is 0. The fourth-order valence-electron chi connectivity index (χ4n) is 2.49. The molecular formula is C13H20N4O4S. The molecule has 1 saturated carbocycles. The molecule has 8 nitrogen and oxygen atoms in total. The lowest BCUT2D eigenvalue weighted by atomic mass is 10.1. The van der Waals surface area contributed by atoms with Crippen LogP contribution in [0.5, 0.6) is 0 Å². The van der Waals surface area contributed by atoms with Gasteiger partial charge in [0, 0.05) is 12.0 Å². The van der Waals surface area contributed by atoms with Gasteiger partial charge in [0.2, 0.25) is 5.89 Å². The smallest absolute Gasteiger partial charge is 0.315 e. The number of hydrogen-bond acceptors (Lipinski definition) is 6. The Balaban J connectivity index is 1.46. The molecule has 3 rings (SSSR count). The van der Waals surface area contributed by atoms with Crippen LogP contribution in [0.3, 0.4) is 0 Å². The molecule has 2 heterocycles. The minimum absolute atomic E-state index is 0.00434. The van der Waals surface area contributed by atoms with E-state index in [-0.39, 0.29) is 23.6 Å². The lowest BCUT2D eigenvalue weighted by molar-refractivity contribution is 0.236. The zero-order valence-electron chi connectivity index (χ0n) is 12.4. The van der Waals surface area contributed by atoms with Gasteiger partial charge in [-0.05, 0) is 32.6 Å². The summed E-state index contributed by atoms with van der Waals surface area (Å²) in [4.78, 5) is 16.0. The second-order valence-corrected chi connectivity index (χ2v) is 8.53. The summed E-state index contributed by atoms with van der Waals surface area (Å²) in [6.07, 6.45) is 3.39. The van der Waals surface area contributed by atoms with E-state index in [1.54, 1.807) is 6.92 Å². The number of nitrogens with zero attached hydrogens (tertiary/aromatic N) is 2. The van der Waals surface area contributed by atoms with Crippen LogP contribution in [0.4, 0.5) is 4.79 Å². The molecule has 9 heteroatoms. The Labute approximate surface area is 129 Å². The summed E-state index contributed by atoms with van der Waals surface area (Å²) in [5, 5.41) is 8.80. The van der Waals surface area contributed by atoms with Gasteiger partial charge in [-0.2, -0.15) is 4.98 Å². The largest absolute Gasteiger partial charge is 0.339 e. The van der Waals surface area contributed by atoms with Crippen LogP contribution in [-0.2, 0) is 16.4 Å². The molecule has 2 unspecified atom stereocenters. The van der Waals surface area contributed by atoms with E-state index < -0.39 is 15.9 Å². The van der Waals surface area contributed by atoms with E-state index in [9.17, 15) is 13.2 Å². The van der Waals surface area contributed by atoms with Gasteiger partial charge in [0.05, 0.1) is 17.5 Å². The molecule has 0 radical (unpaired) electrons. The van der Waals surface area contributed by atoms with Gasteiger partial charge >= 0.3 is 6.03 Å². The first-order valence-electron chi connectivity index (χ1n) is 7.52. The SMILES string of the molecule is CC1CCC(NC(=O)NCc2noc(C3CC3)n2)CS1(=O)=O. The summed E-state index contributed by atoms with van der Waals surface area (Å²) < 4.78 is 28.7. The van der Waals surface area contributed by atoms with Crippen molar-refractivity contribution in [3.8, 4) is 0 Å². The highest BCUT2D eigenvalue weighted by Gasteiger charge is 2.32. The first-order chi connectivity index (χ1) is 10.4. The Morgan fingerprint density at radius 3 is 2.77 bits per heavy atom. The van der Waals surface area contributed by atoms with Crippen LogP contribution in [0, 0.1) is 0 Å². The predicted molar refractivity (Wildman–Crippen MR) is 77.9 cm³/mol. The summed E-state index contributed by atoms with van der Waals surface area (Å²) in [6, 6.07) is -0.749. The van der Waals surface area contributed by atoms with Crippen molar-refractivity contribution < 1.29 is 17.7 Å². The minimum Gasteiger partial charge on any atom is -0.339 e. The number of hydrogen-bond donors (Lipinski definition) is 2. The fraction of sp³-hybridized carbons (Fsp3) is 0.769. The zero-order valence-corrected chi connectivity index (χ0v) is 13.2. The molecule has 0 spiro atoms. The molecule has 2 aliphatic rings. The quantitative estimate of drug-likeness (QED) is 0.841. The number of urea groups is 1. The zero-order chi connectivity index (χ0) is 15.7. The Kier molecular flexibility index (Phi) is 4.07. The Morgan fingerprint density at radius 2 is 2.09 bits per heavy atom. The topological polar surface area (TPSA) is 114 Å². The summed E-state index contributed by atoms with van der Waals surface area (Å²) >= 11 is 0. The highest BCUT2D eigenvalue weighted by atomic mass is 32.2. The van der Waals surface area contributed by atoms with Crippen molar-refractivity contribution in [3.05, 3.63) is 11.7 Å². The second kappa shape index (κ2) is 5.86. The van der Waals surface area contributed by atoms with Crippen LogP contribution in [0.15, 0.2) is 4.52 Å². The number of sulfone groups is 1. The van der Waals surface area contributed by atoms with Gasteiger partial charge < -0.3 is 15.2 Å². The fourth-order valence-corrected chi connectivity index (χ4v) is 4.12. The predicted octanol–water partition coefficient (Wildman–Crippen LogP) is 0.712. The van der Waals surface area contributed by atoms with E-state index in [0.717, 1.165) is 12.8 Å². The van der Waals surface area contributed by atoms with Crippen molar-refractivity contribution in [2.45, 2.75) is 56.4 Å². The maximum absolute atomic E-state index is 11.8. The molecule has 1 aliphatic carbocycles. The Bertz CT molecular complexity index is 653. The summed E-state index contributed by atoms with van der Waals surface area (Å²) in [7, 11) is -3.10. The third kappa shape index (κ3) is 3.57. The third-order valence-corrected chi connectivity index (χ3v) is 6.45. The van der Waals surface area contributed by atoms with Crippen LogP contribution in [-0.4, -0.2) is 41.6 Å². The van der Waals surface area contributed by atoms with Crippen molar-refractivity contribution in [1.82, 2.24) is 20.8 Å². The molecule has 0 aromatic carbocycles. The van der Waals surface area contributed by atoms with Gasteiger partial charge in [-0.3, -0.25) is 0 Å². The van der Waals surface area contributed by atoms with Crippen LogP contribution >= 0.6 is 0 Å². The molecule has 2 N–H and O–H groups in total. The second-order valence-electron chi connectivity index (χ2n) is 6.06. The molecule has 22 heavy (non-hydrogen) atoms. The monoisotopic (exact) mass is 328 g/mol. The highest BCUT2D eigenvalue weighted by molar-refractivity contribution is 7.92. The first-order valence-corrected chi connectivity index (χ1v) is 9.24. The molecular weight excluding hydrogens is 308 g/mol. The van der Waals surface area contributed by atoms with Crippen LogP contribution in [0.1, 0.15) is 50.2 Å². The molecule has 1 aromatic rings. The molecule has 1 aromatic heterocycles. The number of rotatable bonds is 4. The molecule has 1 aliphatic heterocycles. The average Bonchev–Trinajstić information content (AvgIpc) is 3.20. The van der Waals surface area contributed by atoms with Gasteiger partial charge in [0.15, 0.2) is 15.7 Å². The molecule has 2 amide bonds. The van der Waals surface area contributed by atoms with E-state index in [1.807, 2.05) is 0 Å². The Hall–Kier alpha value is -1.64. The normalized spacial score (nSPS) is 27.3. The standard InChI is InChI=1S/C13H20N4O4S/c1-8-2-5-10(7-22(8,19)20)15-13(18)14-6-11-16-12(21-17-11)9-3-4-9/h8-10H,2-7H2,1H3,(H2,14,15,18). The van der Waals surface area contributed by atoms with E-state index in [1.165, 1.54) is 0 Å². The van der Waals surface area contributed by atoms with Crippen LogP contribution in [0.25, 0.3) is 0 Å². The molecule has 2 fully saturated rings. The summed E-state index contributed by atoms with van der Waals surface area (Å²) in [5.74, 6) is 1.44. The van der Waals surface area contributed by atoms with E-state index >= 15 is 0 Å². The van der Waals surface area contributed by atoms with E-state index in [2.05, 4.69) is 20.8 Å². The number of carbonyl (C=O) groups is 1. The van der Waals surface area contributed by atoms with Gasteiger partial charge in [-0.1, -0.05) is 5.16 Å². The molecule has 122 valence electrons. The van der Waals surface area contributed by atoms with Crippen molar-refractivity contribution in [3.63, 3.8) is 0 Å². The number of carbonyl (C=O) groups excluding carboxylic acids is 1. The van der Waals surface area contributed by atoms with Gasteiger partial charge in [-0.25, -0.2) is 13.2 Å². The van der Waals surface area contributed by atoms with Gasteiger partial charge in [0.25, 0.3) is 0 Å². The van der Waals surface area contributed by atoms with Gasteiger partial charge in [-0.15, -0.1) is 0 Å². The lowest BCUT2D eigenvalue weighted by Gasteiger charge is -2.27. The number of nitrogens with one attached hydrogen (secondary N) is 2. The average molecular weight is 328 g/mol. The Morgan fingerprint density at radius 1 is 1.32 bits per heavy atom. The van der Waals surface area contributed by atoms with Crippen LogP contribution in [0.2, 0.25) is 0 Å². The molecule has 2 atom stereocenters. The molecule has 1 saturated heterocycles. The van der Waals surface area contributed by atoms with E-state index in [0.29, 0.717) is 30.5 Å². The third-order valence-electron chi connectivity index (χ3n) is 4.12.